The fourth-order valence-corrected chi connectivity index (χ4v) is 3.74. The van der Waals surface area contributed by atoms with Crippen LogP contribution < -0.4 is 16.0 Å². The van der Waals surface area contributed by atoms with Crippen LogP contribution in [0, 0.1) is 11.8 Å². The summed E-state index contributed by atoms with van der Waals surface area (Å²) in [6.45, 7) is 4.71. The van der Waals surface area contributed by atoms with Gasteiger partial charge in [-0.3, -0.25) is 9.36 Å². The first-order valence-corrected chi connectivity index (χ1v) is 10.2. The third kappa shape index (κ3) is 5.01. The summed E-state index contributed by atoms with van der Waals surface area (Å²) in [6, 6.07) is 15.4. The van der Waals surface area contributed by atoms with E-state index in [1.807, 2.05) is 42.5 Å². The van der Waals surface area contributed by atoms with Gasteiger partial charge in [0, 0.05) is 19.4 Å². The molecule has 152 valence electrons. The summed E-state index contributed by atoms with van der Waals surface area (Å²) >= 11 is 5.19. The summed E-state index contributed by atoms with van der Waals surface area (Å²) < 4.78 is 7.46. The largest absolute Gasteiger partial charge is 0.493 e. The lowest BCUT2D eigenvalue weighted by atomic mass is 9.89. The van der Waals surface area contributed by atoms with Gasteiger partial charge >= 0.3 is 0 Å². The summed E-state index contributed by atoms with van der Waals surface area (Å²) in [5.74, 6) is 2.10. The smallest absolute Gasteiger partial charge is 0.261 e. The van der Waals surface area contributed by atoms with Crippen LogP contribution >= 0.6 is 12.2 Å². The number of rotatable bonds is 8. The highest BCUT2D eigenvalue weighted by Crippen LogP contribution is 2.20. The normalized spacial score (nSPS) is 12.3. The van der Waals surface area contributed by atoms with Crippen molar-refractivity contribution in [1.29, 1.82) is 0 Å². The van der Waals surface area contributed by atoms with Crippen LogP contribution in [0.2, 0.25) is 0 Å². The van der Waals surface area contributed by atoms with E-state index < -0.39 is 0 Å². The lowest BCUT2D eigenvalue weighted by Gasteiger charge is -2.19. The van der Waals surface area contributed by atoms with E-state index in [0.717, 1.165) is 12.2 Å². The number of nitrogens with two attached hydrogens (primary N) is 1. The van der Waals surface area contributed by atoms with Crippen LogP contribution in [0.1, 0.15) is 25.2 Å². The number of benzene rings is 2. The van der Waals surface area contributed by atoms with Gasteiger partial charge in [-0.25, -0.2) is 4.98 Å². The van der Waals surface area contributed by atoms with Gasteiger partial charge in [0.2, 0.25) is 0 Å². The van der Waals surface area contributed by atoms with Gasteiger partial charge in [-0.05, 0) is 42.2 Å². The van der Waals surface area contributed by atoms with E-state index in [9.17, 15) is 4.79 Å². The molecule has 6 heteroatoms. The Morgan fingerprint density at radius 1 is 1.17 bits per heavy atom. The highest BCUT2D eigenvalue weighted by atomic mass is 32.1. The maximum Gasteiger partial charge on any atom is 0.261 e. The molecule has 1 heterocycles. The summed E-state index contributed by atoms with van der Waals surface area (Å²) in [4.78, 5) is 17.6. The maximum absolute atomic E-state index is 12.5. The number of hydrogen-bond donors (Lipinski definition) is 1. The van der Waals surface area contributed by atoms with Gasteiger partial charge in [-0.15, -0.1) is 0 Å². The van der Waals surface area contributed by atoms with Crippen LogP contribution in [0.4, 0.5) is 0 Å². The topological polar surface area (TPSA) is 70.1 Å². The number of nitrogens with zero attached hydrogens (tertiary/aromatic N) is 2. The summed E-state index contributed by atoms with van der Waals surface area (Å²) in [7, 11) is 1.75. The van der Waals surface area contributed by atoms with Crippen LogP contribution in [0.3, 0.4) is 0 Å². The number of aromatic nitrogens is 2. The molecule has 3 aromatic rings. The first-order chi connectivity index (χ1) is 13.9. The molecule has 0 fully saturated rings. The molecule has 1 atom stereocenters. The van der Waals surface area contributed by atoms with Gasteiger partial charge in [-0.1, -0.05) is 50.3 Å². The number of thiocarbonyl (C=S) groups is 1. The SMILES string of the molecule is CC(C)C(Cc1ccc(OCCc2nc3ccccc3c(=O)n2C)cc1)C(N)=S. The molecule has 0 saturated carbocycles. The van der Waals surface area contributed by atoms with E-state index in [1.54, 1.807) is 17.7 Å². The van der Waals surface area contributed by atoms with Crippen LogP contribution in [0.15, 0.2) is 53.3 Å². The van der Waals surface area contributed by atoms with Crippen molar-refractivity contribution in [2.24, 2.45) is 24.6 Å². The first kappa shape index (κ1) is 21.0. The standard InChI is InChI=1S/C23H27N3O2S/c1-15(2)19(22(24)29)14-16-8-10-17(11-9-16)28-13-12-21-25-20-7-5-4-6-18(20)23(27)26(21)3/h4-11,15,19H,12-14H2,1-3H3,(H2,24,29). The molecule has 3 rings (SSSR count). The highest BCUT2D eigenvalue weighted by Gasteiger charge is 2.17. The molecule has 1 unspecified atom stereocenters. The van der Waals surface area contributed by atoms with Gasteiger partial charge < -0.3 is 10.5 Å². The Morgan fingerprint density at radius 3 is 2.52 bits per heavy atom. The monoisotopic (exact) mass is 409 g/mol. The third-order valence-electron chi connectivity index (χ3n) is 5.22. The summed E-state index contributed by atoms with van der Waals surface area (Å²) in [5.41, 5.74) is 7.73. The third-order valence-corrected chi connectivity index (χ3v) is 5.52. The Labute approximate surface area is 176 Å². The van der Waals surface area contributed by atoms with Crippen molar-refractivity contribution in [3.8, 4) is 5.75 Å². The molecule has 2 aromatic carbocycles. The van der Waals surface area contributed by atoms with Crippen molar-refractivity contribution >= 4 is 28.1 Å². The lowest BCUT2D eigenvalue weighted by molar-refractivity contribution is 0.316. The Kier molecular flexibility index (Phi) is 6.64. The number of para-hydroxylation sites is 1. The fourth-order valence-electron chi connectivity index (χ4n) is 3.39. The van der Waals surface area contributed by atoms with Gasteiger partial charge in [-0.2, -0.15) is 0 Å². The molecule has 1 aromatic heterocycles. The Hall–Kier alpha value is -2.73. The van der Waals surface area contributed by atoms with Crippen LogP contribution in [-0.2, 0) is 19.9 Å². The van der Waals surface area contributed by atoms with Crippen LogP contribution in [-0.4, -0.2) is 21.1 Å². The van der Waals surface area contributed by atoms with Crippen molar-refractivity contribution in [2.75, 3.05) is 6.61 Å². The molecule has 0 saturated heterocycles. The van der Waals surface area contributed by atoms with E-state index in [2.05, 4.69) is 18.8 Å². The van der Waals surface area contributed by atoms with Gasteiger partial charge in [0.25, 0.3) is 5.56 Å². The molecule has 2 N–H and O–H groups in total. The van der Waals surface area contributed by atoms with Crippen molar-refractivity contribution in [3.05, 3.63) is 70.3 Å². The molecule has 0 amide bonds. The average Bonchev–Trinajstić information content (AvgIpc) is 2.70. The van der Waals surface area contributed by atoms with Crippen LogP contribution in [0.5, 0.6) is 5.75 Å². The molecule has 0 aliphatic heterocycles. The zero-order chi connectivity index (χ0) is 21.0. The Bertz CT molecular complexity index is 1060. The van der Waals surface area contributed by atoms with E-state index in [1.165, 1.54) is 5.56 Å². The van der Waals surface area contributed by atoms with E-state index in [4.69, 9.17) is 22.7 Å². The van der Waals surface area contributed by atoms with Gasteiger partial charge in [0.05, 0.1) is 22.5 Å². The fraction of sp³-hybridized carbons (Fsp3) is 0.348. The minimum atomic E-state index is -0.0347. The van der Waals surface area contributed by atoms with E-state index >= 15 is 0 Å². The number of fused-ring (bicyclic) bond motifs is 1. The highest BCUT2D eigenvalue weighted by molar-refractivity contribution is 7.80. The molecule has 0 aliphatic carbocycles. The van der Waals surface area contributed by atoms with E-state index in [-0.39, 0.29) is 11.5 Å². The molecule has 0 spiro atoms. The van der Waals surface area contributed by atoms with Crippen molar-refractivity contribution in [2.45, 2.75) is 26.7 Å². The number of hydrogen-bond acceptors (Lipinski definition) is 4. The first-order valence-electron chi connectivity index (χ1n) is 9.82. The van der Waals surface area contributed by atoms with Gasteiger partial charge in [0.1, 0.15) is 11.6 Å². The maximum atomic E-state index is 12.5. The second-order valence-corrected chi connectivity index (χ2v) is 8.08. The summed E-state index contributed by atoms with van der Waals surface area (Å²) in [5, 5.41) is 0.631. The Morgan fingerprint density at radius 2 is 1.86 bits per heavy atom. The molecule has 0 bridgehead atoms. The molecule has 29 heavy (non-hydrogen) atoms. The molecular weight excluding hydrogens is 382 g/mol. The zero-order valence-electron chi connectivity index (χ0n) is 17.1. The zero-order valence-corrected chi connectivity index (χ0v) is 17.9. The minimum Gasteiger partial charge on any atom is -0.493 e. The Balaban J connectivity index is 1.63. The lowest BCUT2D eigenvalue weighted by Crippen LogP contribution is -2.27. The minimum absolute atomic E-state index is 0.0347. The van der Waals surface area contributed by atoms with Crippen molar-refractivity contribution in [1.82, 2.24) is 9.55 Å². The van der Waals surface area contributed by atoms with Crippen molar-refractivity contribution < 1.29 is 4.74 Å². The molecular formula is C23H27N3O2S. The second-order valence-electron chi connectivity index (χ2n) is 7.61. The quantitative estimate of drug-likeness (QED) is 0.575. The average molecular weight is 410 g/mol. The second kappa shape index (κ2) is 9.18. The van der Waals surface area contributed by atoms with Crippen molar-refractivity contribution in [3.63, 3.8) is 0 Å². The predicted octanol–water partition coefficient (Wildman–Crippen LogP) is 3.66. The molecule has 0 aliphatic rings. The van der Waals surface area contributed by atoms with Gasteiger partial charge in [0.15, 0.2) is 0 Å². The van der Waals surface area contributed by atoms with E-state index in [0.29, 0.717) is 40.7 Å². The summed E-state index contributed by atoms with van der Waals surface area (Å²) in [6.07, 6.45) is 1.38. The molecule has 5 nitrogen and oxygen atoms in total. The molecule has 0 radical (unpaired) electrons. The predicted molar refractivity (Wildman–Crippen MR) is 121 cm³/mol. The number of ether oxygens (including phenoxy) is 1. The van der Waals surface area contributed by atoms with Crippen LogP contribution in [0.25, 0.3) is 10.9 Å².